The van der Waals surface area contributed by atoms with Crippen LogP contribution in [-0.2, 0) is 4.74 Å². The Morgan fingerprint density at radius 2 is 1.74 bits per heavy atom. The molecule has 0 amide bonds. The molecule has 1 atom stereocenters. The van der Waals surface area contributed by atoms with Gasteiger partial charge in [-0.2, -0.15) is 0 Å². The molecule has 0 spiro atoms. The fraction of sp³-hybridized carbons (Fsp3) is 1.00. The van der Waals surface area contributed by atoms with Gasteiger partial charge in [-0.15, -0.1) is 0 Å². The van der Waals surface area contributed by atoms with Gasteiger partial charge < -0.3 is 10.5 Å². The molecule has 2 nitrogen and oxygen atoms in total. The SMILES string of the molecule is CC(C)C1CCC(CN)(CC2CCC(C)(C)O2)CC1. The Bertz CT molecular complexity index is 290. The van der Waals surface area contributed by atoms with Crippen LogP contribution in [0.1, 0.15) is 72.6 Å². The smallest absolute Gasteiger partial charge is 0.0631 e. The van der Waals surface area contributed by atoms with Crippen molar-refractivity contribution >= 4 is 0 Å². The minimum Gasteiger partial charge on any atom is -0.372 e. The van der Waals surface area contributed by atoms with E-state index in [2.05, 4.69) is 27.7 Å². The zero-order valence-corrected chi connectivity index (χ0v) is 13.4. The third-order valence-electron chi connectivity index (χ3n) is 5.68. The standard InChI is InChI=1S/C17H33NO/c1-13(2)14-5-9-17(12-18,10-6-14)11-15-7-8-16(3,4)19-15/h13-15H,5-12,18H2,1-4H3. The summed E-state index contributed by atoms with van der Waals surface area (Å²) in [5.74, 6) is 1.75. The Morgan fingerprint density at radius 3 is 2.16 bits per heavy atom. The van der Waals surface area contributed by atoms with Crippen LogP contribution >= 0.6 is 0 Å². The minimum absolute atomic E-state index is 0.0928. The van der Waals surface area contributed by atoms with Gasteiger partial charge in [0.1, 0.15) is 0 Å². The topological polar surface area (TPSA) is 35.2 Å². The Hall–Kier alpha value is -0.0800. The second-order valence-corrected chi connectivity index (χ2v) is 8.03. The molecule has 112 valence electrons. The van der Waals surface area contributed by atoms with Crippen LogP contribution in [0.15, 0.2) is 0 Å². The Kier molecular flexibility index (Phi) is 4.62. The summed E-state index contributed by atoms with van der Waals surface area (Å²) in [5.41, 5.74) is 6.61. The normalized spacial score (nSPS) is 38.8. The molecule has 0 aromatic heterocycles. The van der Waals surface area contributed by atoms with Crippen molar-refractivity contribution in [2.24, 2.45) is 23.0 Å². The van der Waals surface area contributed by atoms with Crippen LogP contribution in [0, 0.1) is 17.3 Å². The van der Waals surface area contributed by atoms with Gasteiger partial charge >= 0.3 is 0 Å². The first-order chi connectivity index (χ1) is 8.86. The summed E-state index contributed by atoms with van der Waals surface area (Å²) in [6.45, 7) is 10.0. The van der Waals surface area contributed by atoms with Gasteiger partial charge in [-0.05, 0) is 82.6 Å². The predicted octanol–water partition coefficient (Wildman–Crippen LogP) is 4.13. The average Bonchev–Trinajstić information content (AvgIpc) is 2.69. The van der Waals surface area contributed by atoms with Crippen molar-refractivity contribution in [3.05, 3.63) is 0 Å². The monoisotopic (exact) mass is 267 g/mol. The molecule has 2 N–H and O–H groups in total. The van der Waals surface area contributed by atoms with Gasteiger partial charge in [0.2, 0.25) is 0 Å². The highest BCUT2D eigenvalue weighted by molar-refractivity contribution is 4.92. The van der Waals surface area contributed by atoms with Gasteiger partial charge in [0, 0.05) is 0 Å². The summed E-state index contributed by atoms with van der Waals surface area (Å²) >= 11 is 0. The fourth-order valence-corrected chi connectivity index (χ4v) is 4.12. The highest BCUT2D eigenvalue weighted by Gasteiger charge is 2.40. The highest BCUT2D eigenvalue weighted by atomic mass is 16.5. The third-order valence-corrected chi connectivity index (χ3v) is 5.68. The first-order valence-corrected chi connectivity index (χ1v) is 8.24. The van der Waals surface area contributed by atoms with E-state index in [1.807, 2.05) is 0 Å². The average molecular weight is 267 g/mol. The van der Waals surface area contributed by atoms with Gasteiger partial charge in [-0.25, -0.2) is 0 Å². The lowest BCUT2D eigenvalue weighted by Gasteiger charge is -2.42. The lowest BCUT2D eigenvalue weighted by molar-refractivity contribution is -0.0427. The zero-order valence-electron chi connectivity index (χ0n) is 13.4. The van der Waals surface area contributed by atoms with Crippen LogP contribution in [0.5, 0.6) is 0 Å². The quantitative estimate of drug-likeness (QED) is 0.831. The van der Waals surface area contributed by atoms with E-state index in [4.69, 9.17) is 10.5 Å². The van der Waals surface area contributed by atoms with Gasteiger partial charge in [0.15, 0.2) is 0 Å². The Morgan fingerprint density at radius 1 is 1.11 bits per heavy atom. The van der Waals surface area contributed by atoms with E-state index in [-0.39, 0.29) is 5.60 Å². The van der Waals surface area contributed by atoms with Crippen molar-refractivity contribution in [2.45, 2.75) is 84.3 Å². The van der Waals surface area contributed by atoms with E-state index < -0.39 is 0 Å². The number of hydrogen-bond donors (Lipinski definition) is 1. The lowest BCUT2D eigenvalue weighted by atomic mass is 9.65. The molecule has 0 aromatic rings. The van der Waals surface area contributed by atoms with E-state index in [1.165, 1.54) is 44.9 Å². The number of hydrogen-bond acceptors (Lipinski definition) is 2. The summed E-state index contributed by atoms with van der Waals surface area (Å²) in [4.78, 5) is 0. The molecule has 0 aromatic carbocycles. The molecule has 2 rings (SSSR count). The van der Waals surface area contributed by atoms with Crippen molar-refractivity contribution in [1.29, 1.82) is 0 Å². The van der Waals surface area contributed by atoms with Crippen LogP contribution in [0.25, 0.3) is 0 Å². The van der Waals surface area contributed by atoms with Crippen molar-refractivity contribution < 1.29 is 4.74 Å². The number of rotatable bonds is 4. The maximum absolute atomic E-state index is 6.20. The second-order valence-electron chi connectivity index (χ2n) is 8.03. The molecule has 2 aliphatic rings. The van der Waals surface area contributed by atoms with E-state index >= 15 is 0 Å². The van der Waals surface area contributed by atoms with E-state index in [0.29, 0.717) is 11.5 Å². The maximum Gasteiger partial charge on any atom is 0.0631 e. The van der Waals surface area contributed by atoms with Crippen LogP contribution in [0.2, 0.25) is 0 Å². The van der Waals surface area contributed by atoms with Crippen molar-refractivity contribution in [2.75, 3.05) is 6.54 Å². The van der Waals surface area contributed by atoms with Crippen molar-refractivity contribution in [3.63, 3.8) is 0 Å². The number of nitrogens with two attached hydrogens (primary N) is 1. The lowest BCUT2D eigenvalue weighted by Crippen LogP contribution is -2.39. The maximum atomic E-state index is 6.20. The molecule has 1 aliphatic heterocycles. The Labute approximate surface area is 119 Å². The first-order valence-electron chi connectivity index (χ1n) is 8.24. The summed E-state index contributed by atoms with van der Waals surface area (Å²) in [5, 5.41) is 0. The van der Waals surface area contributed by atoms with Gasteiger partial charge in [-0.1, -0.05) is 13.8 Å². The minimum atomic E-state index is 0.0928. The molecule has 1 unspecified atom stereocenters. The summed E-state index contributed by atoms with van der Waals surface area (Å²) in [6, 6.07) is 0. The molecule has 1 saturated carbocycles. The molecule has 1 aliphatic carbocycles. The predicted molar refractivity (Wildman–Crippen MR) is 81.1 cm³/mol. The number of ether oxygens (including phenoxy) is 1. The molecular weight excluding hydrogens is 234 g/mol. The van der Waals surface area contributed by atoms with Crippen molar-refractivity contribution in [1.82, 2.24) is 0 Å². The van der Waals surface area contributed by atoms with Crippen molar-refractivity contribution in [3.8, 4) is 0 Å². The second kappa shape index (κ2) is 5.73. The van der Waals surface area contributed by atoms with Crippen LogP contribution in [-0.4, -0.2) is 18.2 Å². The first kappa shape index (κ1) is 15.3. The third kappa shape index (κ3) is 3.72. The van der Waals surface area contributed by atoms with Gasteiger partial charge in [-0.3, -0.25) is 0 Å². The van der Waals surface area contributed by atoms with Gasteiger partial charge in [0.05, 0.1) is 11.7 Å². The highest BCUT2D eigenvalue weighted by Crippen LogP contribution is 2.46. The van der Waals surface area contributed by atoms with E-state index in [1.54, 1.807) is 0 Å². The molecule has 2 fully saturated rings. The fourth-order valence-electron chi connectivity index (χ4n) is 4.12. The molecular formula is C17H33NO. The van der Waals surface area contributed by atoms with Crippen LogP contribution in [0.4, 0.5) is 0 Å². The Balaban J connectivity index is 1.90. The largest absolute Gasteiger partial charge is 0.372 e. The summed E-state index contributed by atoms with van der Waals surface area (Å²) < 4.78 is 6.20. The van der Waals surface area contributed by atoms with E-state index in [9.17, 15) is 0 Å². The van der Waals surface area contributed by atoms with Crippen LogP contribution in [0.3, 0.4) is 0 Å². The van der Waals surface area contributed by atoms with E-state index in [0.717, 1.165) is 18.4 Å². The molecule has 1 saturated heterocycles. The molecule has 0 bridgehead atoms. The summed E-state index contributed by atoms with van der Waals surface area (Å²) in [7, 11) is 0. The molecule has 1 heterocycles. The summed E-state index contributed by atoms with van der Waals surface area (Å²) in [6.07, 6.45) is 9.43. The molecule has 19 heavy (non-hydrogen) atoms. The zero-order chi connectivity index (χ0) is 14.1. The van der Waals surface area contributed by atoms with Gasteiger partial charge in [0.25, 0.3) is 0 Å². The molecule has 0 radical (unpaired) electrons. The van der Waals surface area contributed by atoms with Crippen LogP contribution < -0.4 is 5.73 Å². The molecule has 2 heteroatoms.